The van der Waals surface area contributed by atoms with E-state index in [4.69, 9.17) is 0 Å². The van der Waals surface area contributed by atoms with Gasteiger partial charge in [0, 0.05) is 11.8 Å². The van der Waals surface area contributed by atoms with E-state index in [0.29, 0.717) is 0 Å². The van der Waals surface area contributed by atoms with Crippen LogP contribution in [0.25, 0.3) is 11.3 Å². The van der Waals surface area contributed by atoms with Gasteiger partial charge in [0.05, 0.1) is 5.69 Å². The summed E-state index contributed by atoms with van der Waals surface area (Å²) in [4.78, 5) is 4.29. The van der Waals surface area contributed by atoms with Gasteiger partial charge in [0.15, 0.2) is 0 Å². The number of nitrogens with zero attached hydrogens (tertiary/aromatic N) is 1. The second-order valence-corrected chi connectivity index (χ2v) is 4.20. The van der Waals surface area contributed by atoms with Crippen LogP contribution in [0.15, 0.2) is 42.6 Å². The lowest BCUT2D eigenvalue weighted by molar-refractivity contribution is -0.0498. The molecule has 0 amide bonds. The third-order valence-corrected chi connectivity index (χ3v) is 2.74. The van der Waals surface area contributed by atoms with Crippen molar-refractivity contribution < 1.29 is 13.5 Å². The van der Waals surface area contributed by atoms with Crippen LogP contribution in [0.2, 0.25) is 0 Å². The Kier molecular flexibility index (Phi) is 4.44. The van der Waals surface area contributed by atoms with E-state index in [-0.39, 0.29) is 5.75 Å². The minimum absolute atomic E-state index is 0.156. The largest absolute Gasteiger partial charge is 0.435 e. The molecule has 0 aliphatic rings. The number of hydrogen-bond acceptors (Lipinski definition) is 2. The van der Waals surface area contributed by atoms with Crippen LogP contribution in [0.1, 0.15) is 18.9 Å². The van der Waals surface area contributed by atoms with Crippen LogP contribution in [0.3, 0.4) is 0 Å². The quantitative estimate of drug-likeness (QED) is 0.802. The fourth-order valence-electron chi connectivity index (χ4n) is 1.88. The van der Waals surface area contributed by atoms with Crippen molar-refractivity contribution in [2.45, 2.75) is 26.4 Å². The van der Waals surface area contributed by atoms with Gasteiger partial charge in [-0.25, -0.2) is 0 Å². The normalized spacial score (nSPS) is 10.7. The zero-order valence-electron chi connectivity index (χ0n) is 10.6. The number of pyridine rings is 1. The maximum Gasteiger partial charge on any atom is 0.387 e. The van der Waals surface area contributed by atoms with Gasteiger partial charge < -0.3 is 4.74 Å². The van der Waals surface area contributed by atoms with Crippen molar-refractivity contribution in [1.82, 2.24) is 4.98 Å². The number of halogens is 2. The first-order valence-electron chi connectivity index (χ1n) is 6.19. The average molecular weight is 263 g/mol. The van der Waals surface area contributed by atoms with Crippen LogP contribution in [0, 0.1) is 0 Å². The molecule has 0 atom stereocenters. The zero-order valence-corrected chi connectivity index (χ0v) is 10.6. The van der Waals surface area contributed by atoms with Crippen LogP contribution in [0.4, 0.5) is 8.78 Å². The second kappa shape index (κ2) is 6.27. The summed E-state index contributed by atoms with van der Waals surface area (Å²) < 4.78 is 28.4. The Morgan fingerprint density at radius 3 is 2.53 bits per heavy atom. The molecule has 2 rings (SSSR count). The fraction of sp³-hybridized carbons (Fsp3) is 0.267. The zero-order chi connectivity index (χ0) is 13.7. The lowest BCUT2D eigenvalue weighted by Gasteiger charge is -2.06. The molecule has 19 heavy (non-hydrogen) atoms. The molecule has 4 heteroatoms. The number of ether oxygens (including phenoxy) is 1. The lowest BCUT2D eigenvalue weighted by atomic mass is 10.1. The fourth-order valence-corrected chi connectivity index (χ4v) is 1.88. The summed E-state index contributed by atoms with van der Waals surface area (Å²) >= 11 is 0. The predicted molar refractivity (Wildman–Crippen MR) is 70.3 cm³/mol. The Morgan fingerprint density at radius 2 is 1.89 bits per heavy atom. The van der Waals surface area contributed by atoms with Crippen LogP contribution >= 0.6 is 0 Å². The summed E-state index contributed by atoms with van der Waals surface area (Å²) in [5, 5.41) is 0. The molecular weight excluding hydrogens is 248 g/mol. The van der Waals surface area contributed by atoms with Gasteiger partial charge in [-0.1, -0.05) is 13.3 Å². The first-order valence-corrected chi connectivity index (χ1v) is 6.19. The molecule has 0 spiro atoms. The second-order valence-electron chi connectivity index (χ2n) is 4.20. The van der Waals surface area contributed by atoms with Gasteiger partial charge in [-0.05, 0) is 48.4 Å². The Morgan fingerprint density at radius 1 is 1.16 bits per heavy atom. The molecule has 0 radical (unpaired) electrons. The van der Waals surface area contributed by atoms with Crippen molar-refractivity contribution in [3.05, 3.63) is 48.2 Å². The first kappa shape index (κ1) is 13.5. The minimum atomic E-state index is -2.79. The van der Waals surface area contributed by atoms with Crippen LogP contribution < -0.4 is 4.74 Å². The Bertz CT molecular complexity index is 526. The first-order chi connectivity index (χ1) is 9.19. The van der Waals surface area contributed by atoms with E-state index >= 15 is 0 Å². The molecule has 0 N–H and O–H groups in total. The number of aromatic nitrogens is 1. The summed E-state index contributed by atoms with van der Waals surface area (Å²) in [6.07, 6.45) is 3.84. The van der Waals surface area contributed by atoms with E-state index in [0.717, 1.165) is 24.1 Å². The minimum Gasteiger partial charge on any atom is -0.435 e. The average Bonchev–Trinajstić information content (AvgIpc) is 2.40. The third-order valence-electron chi connectivity index (χ3n) is 2.74. The summed E-state index contributed by atoms with van der Waals surface area (Å²) in [6.45, 7) is -0.673. The third kappa shape index (κ3) is 3.74. The lowest BCUT2D eigenvalue weighted by Crippen LogP contribution is -2.01. The van der Waals surface area contributed by atoms with E-state index in [1.807, 2.05) is 12.1 Å². The molecular formula is C15H15F2NO. The van der Waals surface area contributed by atoms with Crippen LogP contribution in [-0.2, 0) is 6.42 Å². The summed E-state index contributed by atoms with van der Waals surface area (Å²) in [5.41, 5.74) is 2.95. The Labute approximate surface area is 111 Å². The van der Waals surface area contributed by atoms with Gasteiger partial charge in [-0.15, -0.1) is 0 Å². The highest BCUT2D eigenvalue weighted by Crippen LogP contribution is 2.22. The van der Waals surface area contributed by atoms with E-state index in [2.05, 4.69) is 16.6 Å². The highest BCUT2D eigenvalue weighted by Gasteiger charge is 2.05. The maximum absolute atomic E-state index is 12.0. The highest BCUT2D eigenvalue weighted by molar-refractivity contribution is 5.60. The van der Waals surface area contributed by atoms with Crippen molar-refractivity contribution in [3.63, 3.8) is 0 Å². The molecule has 0 saturated heterocycles. The molecule has 0 aliphatic carbocycles. The van der Waals surface area contributed by atoms with Crippen molar-refractivity contribution in [1.29, 1.82) is 0 Å². The molecule has 1 heterocycles. The van der Waals surface area contributed by atoms with Gasteiger partial charge in [0.2, 0.25) is 0 Å². The standard InChI is InChI=1S/C15H15F2NO/c1-2-3-11-8-9-18-14(10-11)12-4-6-13(7-5-12)19-15(16)17/h4-10,15H,2-3H2,1H3. The number of aryl methyl sites for hydroxylation is 1. The molecule has 1 aromatic carbocycles. The van der Waals surface area contributed by atoms with E-state index < -0.39 is 6.61 Å². The maximum atomic E-state index is 12.0. The SMILES string of the molecule is CCCc1ccnc(-c2ccc(OC(F)F)cc2)c1. The molecule has 1 aromatic heterocycles. The topological polar surface area (TPSA) is 22.1 Å². The molecule has 0 unspecified atom stereocenters. The van der Waals surface area contributed by atoms with E-state index in [1.54, 1.807) is 18.3 Å². The molecule has 100 valence electrons. The van der Waals surface area contributed by atoms with Gasteiger partial charge in [0.25, 0.3) is 0 Å². The van der Waals surface area contributed by atoms with Crippen molar-refractivity contribution in [2.75, 3.05) is 0 Å². The molecule has 0 fully saturated rings. The summed E-state index contributed by atoms with van der Waals surface area (Å²) in [5.74, 6) is 0.156. The van der Waals surface area contributed by atoms with Crippen LogP contribution in [-0.4, -0.2) is 11.6 Å². The van der Waals surface area contributed by atoms with Crippen molar-refractivity contribution >= 4 is 0 Å². The number of rotatable bonds is 5. The molecule has 0 aliphatic heterocycles. The molecule has 0 saturated carbocycles. The molecule has 0 bridgehead atoms. The Hall–Kier alpha value is -1.97. The molecule has 2 aromatic rings. The van der Waals surface area contributed by atoms with Crippen molar-refractivity contribution in [2.24, 2.45) is 0 Å². The summed E-state index contributed by atoms with van der Waals surface area (Å²) in [6, 6.07) is 10.5. The highest BCUT2D eigenvalue weighted by atomic mass is 19.3. The number of hydrogen-bond donors (Lipinski definition) is 0. The van der Waals surface area contributed by atoms with E-state index in [1.165, 1.54) is 17.7 Å². The van der Waals surface area contributed by atoms with Gasteiger partial charge in [0.1, 0.15) is 5.75 Å². The van der Waals surface area contributed by atoms with Gasteiger partial charge >= 0.3 is 6.61 Å². The predicted octanol–water partition coefficient (Wildman–Crippen LogP) is 4.30. The van der Waals surface area contributed by atoms with Gasteiger partial charge in [-0.3, -0.25) is 4.98 Å². The molecule has 2 nitrogen and oxygen atoms in total. The number of alkyl halides is 2. The number of benzene rings is 1. The van der Waals surface area contributed by atoms with Crippen LogP contribution in [0.5, 0.6) is 5.75 Å². The van der Waals surface area contributed by atoms with Crippen molar-refractivity contribution in [3.8, 4) is 17.0 Å². The Balaban J connectivity index is 2.19. The summed E-state index contributed by atoms with van der Waals surface area (Å²) in [7, 11) is 0. The van der Waals surface area contributed by atoms with E-state index in [9.17, 15) is 8.78 Å². The van der Waals surface area contributed by atoms with Gasteiger partial charge in [-0.2, -0.15) is 8.78 Å². The monoisotopic (exact) mass is 263 g/mol. The smallest absolute Gasteiger partial charge is 0.387 e.